The molecule has 0 amide bonds. The Morgan fingerprint density at radius 1 is 1.37 bits per heavy atom. The van der Waals surface area contributed by atoms with Gasteiger partial charge in [-0.2, -0.15) is 0 Å². The lowest BCUT2D eigenvalue weighted by Crippen LogP contribution is -2.32. The van der Waals surface area contributed by atoms with Gasteiger partial charge >= 0.3 is 5.97 Å². The first-order chi connectivity index (χ1) is 8.82. The number of hydrogen-bond acceptors (Lipinski definition) is 5. The molecule has 0 fully saturated rings. The summed E-state index contributed by atoms with van der Waals surface area (Å²) in [6.45, 7) is 0. The Morgan fingerprint density at radius 3 is 2.58 bits per heavy atom. The molecule has 0 radical (unpaired) electrons. The Balaban J connectivity index is 2.52. The lowest BCUT2D eigenvalue weighted by atomic mass is 10.1. The standard InChI is InChI=1S/C12H18N2O4S/c13-10(12(16)17)6-8-19(14,18)7-5-9-3-1-2-4-11(9)15/h1-4,10,14-15H,5-8,13H2,(H,16,17)/t10-,19?/m0/s1. The summed E-state index contributed by atoms with van der Waals surface area (Å²) in [6.07, 6.45) is 0.329. The predicted octanol–water partition coefficient (Wildman–Crippen LogP) is 0.783. The number of hydrogen-bond donors (Lipinski definition) is 4. The minimum absolute atomic E-state index is 0.0123. The van der Waals surface area contributed by atoms with Crippen LogP contribution in [0, 0.1) is 4.78 Å². The molecule has 0 heterocycles. The monoisotopic (exact) mass is 286 g/mol. The van der Waals surface area contributed by atoms with Crippen LogP contribution >= 0.6 is 0 Å². The Bertz CT molecular complexity index is 542. The number of phenols is 1. The van der Waals surface area contributed by atoms with Crippen LogP contribution in [-0.2, 0) is 20.9 Å². The highest BCUT2D eigenvalue weighted by Gasteiger charge is 2.15. The van der Waals surface area contributed by atoms with Crippen molar-refractivity contribution in [2.75, 3.05) is 11.5 Å². The highest BCUT2D eigenvalue weighted by atomic mass is 32.2. The lowest BCUT2D eigenvalue weighted by molar-refractivity contribution is -0.138. The number of carboxylic acids is 1. The van der Waals surface area contributed by atoms with Crippen molar-refractivity contribution < 1.29 is 19.2 Å². The first-order valence-electron chi connectivity index (χ1n) is 5.81. The minimum Gasteiger partial charge on any atom is -0.508 e. The van der Waals surface area contributed by atoms with Crippen molar-refractivity contribution in [3.8, 4) is 5.75 Å². The molecule has 1 unspecified atom stereocenters. The zero-order chi connectivity index (χ0) is 14.5. The van der Waals surface area contributed by atoms with E-state index < -0.39 is 21.7 Å². The number of carboxylic acid groups (broad SMARTS) is 1. The van der Waals surface area contributed by atoms with Crippen molar-refractivity contribution in [3.63, 3.8) is 0 Å². The summed E-state index contributed by atoms with van der Waals surface area (Å²) >= 11 is 0. The average molecular weight is 286 g/mol. The number of nitrogens with one attached hydrogen (secondary N) is 1. The quantitative estimate of drug-likeness (QED) is 0.589. The van der Waals surface area contributed by atoms with Gasteiger partial charge in [0.05, 0.1) is 0 Å². The summed E-state index contributed by atoms with van der Waals surface area (Å²) in [4.78, 5) is 10.5. The molecule has 106 valence electrons. The molecule has 1 aromatic carbocycles. The van der Waals surface area contributed by atoms with E-state index >= 15 is 0 Å². The normalized spacial score (nSPS) is 15.6. The second-order valence-corrected chi connectivity index (χ2v) is 6.77. The van der Waals surface area contributed by atoms with E-state index in [0.717, 1.165) is 0 Å². The van der Waals surface area contributed by atoms with Crippen molar-refractivity contribution in [2.24, 2.45) is 5.73 Å². The Labute approximate surface area is 112 Å². The molecule has 2 atom stereocenters. The van der Waals surface area contributed by atoms with Crippen LogP contribution in [0.2, 0.25) is 0 Å². The maximum Gasteiger partial charge on any atom is 0.320 e. The van der Waals surface area contributed by atoms with Crippen LogP contribution in [0.15, 0.2) is 24.3 Å². The van der Waals surface area contributed by atoms with Crippen LogP contribution in [0.1, 0.15) is 12.0 Å². The van der Waals surface area contributed by atoms with Crippen LogP contribution in [0.4, 0.5) is 0 Å². The average Bonchev–Trinajstić information content (AvgIpc) is 2.35. The molecule has 0 aliphatic carbocycles. The van der Waals surface area contributed by atoms with Gasteiger partial charge in [-0.25, -0.2) is 4.21 Å². The number of phenolic OH excluding ortho intramolecular Hbond substituents is 1. The van der Waals surface area contributed by atoms with E-state index in [0.29, 0.717) is 12.0 Å². The van der Waals surface area contributed by atoms with Gasteiger partial charge in [-0.3, -0.25) is 9.57 Å². The largest absolute Gasteiger partial charge is 0.508 e. The fraction of sp³-hybridized carbons (Fsp3) is 0.417. The molecule has 0 saturated carbocycles. The number of aryl methyl sites for hydroxylation is 1. The minimum atomic E-state index is -2.88. The van der Waals surface area contributed by atoms with Crippen molar-refractivity contribution in [3.05, 3.63) is 29.8 Å². The molecule has 0 spiro atoms. The van der Waals surface area contributed by atoms with Crippen molar-refractivity contribution >= 4 is 15.7 Å². The maximum absolute atomic E-state index is 11.9. The van der Waals surface area contributed by atoms with Gasteiger partial charge in [-0.05, 0) is 24.5 Å². The Hall–Kier alpha value is -1.60. The van der Waals surface area contributed by atoms with Crippen LogP contribution in [0.3, 0.4) is 0 Å². The Kier molecular flexibility index (Phi) is 5.31. The van der Waals surface area contributed by atoms with Gasteiger partial charge in [0.2, 0.25) is 0 Å². The molecule has 1 rings (SSSR count). The van der Waals surface area contributed by atoms with Gasteiger partial charge in [0, 0.05) is 21.2 Å². The highest BCUT2D eigenvalue weighted by molar-refractivity contribution is 7.92. The van der Waals surface area contributed by atoms with Crippen LogP contribution in [0.5, 0.6) is 5.75 Å². The van der Waals surface area contributed by atoms with E-state index in [1.165, 1.54) is 6.07 Å². The maximum atomic E-state index is 11.9. The molecule has 0 bridgehead atoms. The lowest BCUT2D eigenvalue weighted by Gasteiger charge is -2.10. The van der Waals surface area contributed by atoms with Gasteiger partial charge in [-0.1, -0.05) is 18.2 Å². The topological polar surface area (TPSA) is 124 Å². The molecule has 0 aliphatic heterocycles. The van der Waals surface area contributed by atoms with E-state index in [9.17, 15) is 14.1 Å². The molecule has 0 aliphatic rings. The van der Waals surface area contributed by atoms with Gasteiger partial charge in [-0.15, -0.1) is 0 Å². The van der Waals surface area contributed by atoms with E-state index in [1.807, 2.05) is 0 Å². The molecular weight excluding hydrogens is 268 g/mol. The van der Waals surface area contributed by atoms with Gasteiger partial charge in [0.15, 0.2) is 0 Å². The number of rotatable bonds is 7. The predicted molar refractivity (Wildman–Crippen MR) is 72.6 cm³/mol. The van der Waals surface area contributed by atoms with E-state index in [2.05, 4.69) is 0 Å². The van der Waals surface area contributed by atoms with Gasteiger partial charge < -0.3 is 15.9 Å². The fourth-order valence-electron chi connectivity index (χ4n) is 1.54. The fourth-order valence-corrected chi connectivity index (χ4v) is 2.93. The first-order valence-corrected chi connectivity index (χ1v) is 7.71. The molecule has 7 heteroatoms. The number of aromatic hydroxyl groups is 1. The summed E-state index contributed by atoms with van der Waals surface area (Å²) in [6, 6.07) is 5.58. The van der Waals surface area contributed by atoms with E-state index in [-0.39, 0.29) is 23.7 Å². The summed E-state index contributed by atoms with van der Waals surface area (Å²) < 4.78 is 19.6. The molecule has 5 N–H and O–H groups in total. The summed E-state index contributed by atoms with van der Waals surface area (Å²) in [5, 5.41) is 18.2. The summed E-state index contributed by atoms with van der Waals surface area (Å²) in [7, 11) is -2.88. The zero-order valence-corrected chi connectivity index (χ0v) is 11.2. The number of aliphatic carboxylic acids is 1. The molecule has 19 heavy (non-hydrogen) atoms. The zero-order valence-electron chi connectivity index (χ0n) is 10.4. The first kappa shape index (κ1) is 15.5. The summed E-state index contributed by atoms with van der Waals surface area (Å²) in [5.74, 6) is -1.01. The second-order valence-electron chi connectivity index (χ2n) is 4.33. The number of nitrogens with two attached hydrogens (primary N) is 1. The molecule has 0 saturated heterocycles. The second kappa shape index (κ2) is 6.53. The van der Waals surface area contributed by atoms with Gasteiger partial charge in [0.1, 0.15) is 11.8 Å². The van der Waals surface area contributed by atoms with Crippen LogP contribution in [-0.4, -0.2) is 37.9 Å². The molecule has 6 nitrogen and oxygen atoms in total. The SMILES string of the molecule is N=S(=O)(CCc1ccccc1O)CC[C@H](N)C(=O)O. The van der Waals surface area contributed by atoms with E-state index in [4.69, 9.17) is 15.6 Å². The third-order valence-corrected chi connectivity index (χ3v) is 4.53. The number of para-hydroxylation sites is 1. The van der Waals surface area contributed by atoms with Gasteiger partial charge in [0.25, 0.3) is 0 Å². The smallest absolute Gasteiger partial charge is 0.320 e. The molecular formula is C12H18N2O4S. The van der Waals surface area contributed by atoms with Crippen LogP contribution in [0.25, 0.3) is 0 Å². The molecule has 1 aromatic rings. The van der Waals surface area contributed by atoms with Crippen LogP contribution < -0.4 is 5.73 Å². The Morgan fingerprint density at radius 2 is 2.00 bits per heavy atom. The van der Waals surface area contributed by atoms with Crippen molar-refractivity contribution in [1.29, 1.82) is 4.78 Å². The van der Waals surface area contributed by atoms with Crippen molar-refractivity contribution in [2.45, 2.75) is 18.9 Å². The third-order valence-electron chi connectivity index (χ3n) is 2.77. The van der Waals surface area contributed by atoms with Crippen molar-refractivity contribution in [1.82, 2.24) is 0 Å². The van der Waals surface area contributed by atoms with E-state index in [1.54, 1.807) is 18.2 Å². The highest BCUT2D eigenvalue weighted by Crippen LogP contribution is 2.17. The number of carbonyl (C=O) groups is 1. The molecule has 0 aromatic heterocycles. The summed E-state index contributed by atoms with van der Waals surface area (Å²) in [5.41, 5.74) is 5.94. The number of benzene rings is 1. The third kappa shape index (κ3) is 5.27.